The number of hydrogen-bond donors (Lipinski definition) is 1. The van der Waals surface area contributed by atoms with Crippen molar-refractivity contribution in [3.63, 3.8) is 0 Å². The second-order valence-electron chi connectivity index (χ2n) is 8.09. The average molecular weight is 429 g/mol. The van der Waals surface area contributed by atoms with Crippen molar-refractivity contribution in [2.24, 2.45) is 0 Å². The van der Waals surface area contributed by atoms with Gasteiger partial charge in [-0.3, -0.25) is 0 Å². The molecule has 168 valence electrons. The van der Waals surface area contributed by atoms with Crippen LogP contribution >= 0.6 is 0 Å². The van der Waals surface area contributed by atoms with Crippen LogP contribution < -0.4 is 10.4 Å². The summed E-state index contributed by atoms with van der Waals surface area (Å²) in [5, 5.41) is 0. The van der Waals surface area contributed by atoms with Crippen LogP contribution in [0.25, 0.3) is 11.1 Å². The molecule has 0 spiro atoms. The fourth-order valence-electron chi connectivity index (χ4n) is 3.68. The molecule has 7 nitrogen and oxygen atoms in total. The average Bonchev–Trinajstić information content (AvgIpc) is 3.49. The number of nitrogens with one attached hydrogen (secondary N) is 1. The van der Waals surface area contributed by atoms with E-state index in [1.54, 1.807) is 18.3 Å². The first kappa shape index (κ1) is 23.0. The molecule has 1 aromatic carbocycles. The van der Waals surface area contributed by atoms with Crippen LogP contribution in [0.3, 0.4) is 0 Å². The molecular weight excluding hydrogens is 396 g/mol. The monoisotopic (exact) mass is 428 g/mol. The highest BCUT2D eigenvalue weighted by atomic mass is 16.8. The quantitative estimate of drug-likeness (QED) is 0.218. The number of benzene rings is 1. The summed E-state index contributed by atoms with van der Waals surface area (Å²) in [5.74, 6) is 0.594. The van der Waals surface area contributed by atoms with Crippen LogP contribution in [0.4, 0.5) is 4.79 Å². The van der Waals surface area contributed by atoms with Gasteiger partial charge in [-0.25, -0.2) is 14.6 Å². The van der Waals surface area contributed by atoms with Crippen molar-refractivity contribution in [2.45, 2.75) is 84.0 Å². The zero-order valence-electron chi connectivity index (χ0n) is 18.6. The maximum atomic E-state index is 11.9. The SMILES string of the molecule is CCCCCCC(C)c1[nH]c(=O)ncc1-c1ccc(OC(=O)O[C@H]2O[C@@H]2CCC)cc1. The third-order valence-corrected chi connectivity index (χ3v) is 5.51. The van der Waals surface area contributed by atoms with Gasteiger partial charge in [-0.2, -0.15) is 0 Å². The Morgan fingerprint density at radius 1 is 1.16 bits per heavy atom. The Bertz CT molecular complexity index is 909. The van der Waals surface area contributed by atoms with E-state index < -0.39 is 12.4 Å². The van der Waals surface area contributed by atoms with E-state index in [9.17, 15) is 9.59 Å². The van der Waals surface area contributed by atoms with Crippen molar-refractivity contribution in [3.8, 4) is 16.9 Å². The fraction of sp³-hybridized carbons (Fsp3) is 0.542. The highest BCUT2D eigenvalue weighted by Crippen LogP contribution is 2.31. The number of nitrogens with zero attached hydrogens (tertiary/aromatic N) is 1. The molecule has 0 bridgehead atoms. The second kappa shape index (κ2) is 11.1. The van der Waals surface area contributed by atoms with Gasteiger partial charge in [0.25, 0.3) is 0 Å². The number of ether oxygens (including phenoxy) is 3. The Balaban J connectivity index is 1.63. The lowest BCUT2D eigenvalue weighted by Gasteiger charge is -2.16. The van der Waals surface area contributed by atoms with Gasteiger partial charge in [0.05, 0.1) is 0 Å². The number of epoxide rings is 1. The van der Waals surface area contributed by atoms with Crippen molar-refractivity contribution in [2.75, 3.05) is 0 Å². The van der Waals surface area contributed by atoms with Gasteiger partial charge in [-0.1, -0.05) is 65.0 Å². The summed E-state index contributed by atoms with van der Waals surface area (Å²) in [6.07, 6.45) is 7.89. The van der Waals surface area contributed by atoms with Crippen molar-refractivity contribution >= 4 is 6.16 Å². The number of aromatic amines is 1. The maximum Gasteiger partial charge on any atom is 0.516 e. The molecule has 3 atom stereocenters. The summed E-state index contributed by atoms with van der Waals surface area (Å²) in [6.45, 7) is 6.37. The van der Waals surface area contributed by atoms with E-state index in [1.807, 2.05) is 12.1 Å². The zero-order valence-corrected chi connectivity index (χ0v) is 18.6. The maximum absolute atomic E-state index is 11.9. The molecule has 1 aliphatic rings. The molecule has 1 saturated heterocycles. The van der Waals surface area contributed by atoms with E-state index in [1.165, 1.54) is 19.3 Å². The number of H-pyrrole nitrogens is 1. The summed E-state index contributed by atoms with van der Waals surface area (Å²) in [5.41, 5.74) is 2.32. The van der Waals surface area contributed by atoms with Crippen LogP contribution in [0.15, 0.2) is 35.3 Å². The predicted molar refractivity (Wildman–Crippen MR) is 118 cm³/mol. The molecule has 7 heteroatoms. The van der Waals surface area contributed by atoms with Crippen LogP contribution in [-0.2, 0) is 9.47 Å². The van der Waals surface area contributed by atoms with E-state index in [2.05, 4.69) is 30.7 Å². The molecule has 1 N–H and O–H groups in total. The van der Waals surface area contributed by atoms with Gasteiger partial charge >= 0.3 is 11.8 Å². The number of hydrogen-bond acceptors (Lipinski definition) is 6. The van der Waals surface area contributed by atoms with Crippen molar-refractivity contribution < 1.29 is 19.0 Å². The third-order valence-electron chi connectivity index (χ3n) is 5.51. The molecule has 1 aromatic heterocycles. The molecule has 1 unspecified atom stereocenters. The lowest BCUT2D eigenvalue weighted by molar-refractivity contribution is 0.0562. The minimum absolute atomic E-state index is 0.0185. The summed E-state index contributed by atoms with van der Waals surface area (Å²) < 4.78 is 15.6. The molecule has 1 aliphatic heterocycles. The Kier molecular flexibility index (Phi) is 8.23. The first-order valence-corrected chi connectivity index (χ1v) is 11.2. The Hall–Kier alpha value is -2.67. The summed E-state index contributed by atoms with van der Waals surface area (Å²) >= 11 is 0. The van der Waals surface area contributed by atoms with E-state index in [0.717, 1.165) is 42.5 Å². The standard InChI is InChI=1S/C24H32N2O5/c1-4-6-7-8-10-16(3)21-19(15-25-23(27)26-21)17-11-13-18(14-12-17)29-24(28)31-22-20(30-22)9-5-2/h11-16,20,22H,4-10H2,1-3H3,(H,25,26,27)/t16?,20-,22-/m1/s1. The fourth-order valence-corrected chi connectivity index (χ4v) is 3.68. The van der Waals surface area contributed by atoms with E-state index in [-0.39, 0.29) is 17.7 Å². The largest absolute Gasteiger partial charge is 0.516 e. The minimum atomic E-state index is -0.775. The lowest BCUT2D eigenvalue weighted by atomic mass is 9.93. The number of carbonyl (C=O) groups excluding carboxylic acids is 1. The van der Waals surface area contributed by atoms with Crippen molar-refractivity contribution in [3.05, 3.63) is 46.6 Å². The third kappa shape index (κ3) is 6.66. The second-order valence-corrected chi connectivity index (χ2v) is 8.09. The van der Waals surface area contributed by atoms with Crippen LogP contribution in [0.5, 0.6) is 5.75 Å². The van der Waals surface area contributed by atoms with Crippen LogP contribution in [0, 0.1) is 0 Å². The molecule has 0 aliphatic carbocycles. The number of unbranched alkanes of at least 4 members (excludes halogenated alkanes) is 3. The Labute approximate surface area is 183 Å². The van der Waals surface area contributed by atoms with Crippen molar-refractivity contribution in [1.82, 2.24) is 9.97 Å². The van der Waals surface area contributed by atoms with Gasteiger partial charge in [-0.05, 0) is 36.5 Å². The van der Waals surface area contributed by atoms with E-state index >= 15 is 0 Å². The van der Waals surface area contributed by atoms with Crippen LogP contribution in [0.2, 0.25) is 0 Å². The lowest BCUT2D eigenvalue weighted by Crippen LogP contribution is -2.15. The topological polar surface area (TPSA) is 93.8 Å². The van der Waals surface area contributed by atoms with Gasteiger partial charge < -0.3 is 19.2 Å². The van der Waals surface area contributed by atoms with Gasteiger partial charge in [-0.15, -0.1) is 0 Å². The van der Waals surface area contributed by atoms with E-state index in [0.29, 0.717) is 5.75 Å². The molecule has 2 aromatic rings. The van der Waals surface area contributed by atoms with E-state index in [4.69, 9.17) is 14.2 Å². The predicted octanol–water partition coefficient (Wildman–Crippen LogP) is 5.55. The molecule has 2 heterocycles. The summed E-state index contributed by atoms with van der Waals surface area (Å²) in [6, 6.07) is 7.10. The van der Waals surface area contributed by atoms with Crippen LogP contribution in [-0.4, -0.2) is 28.5 Å². The molecule has 0 radical (unpaired) electrons. The smallest absolute Gasteiger partial charge is 0.401 e. The normalized spacial score (nSPS) is 18.4. The minimum Gasteiger partial charge on any atom is -0.401 e. The number of carbonyl (C=O) groups is 1. The zero-order chi connectivity index (χ0) is 22.2. The van der Waals surface area contributed by atoms with Gasteiger partial charge in [0, 0.05) is 17.5 Å². The molecule has 0 amide bonds. The van der Waals surface area contributed by atoms with Gasteiger partial charge in [0.15, 0.2) is 0 Å². The molecule has 0 saturated carbocycles. The van der Waals surface area contributed by atoms with Gasteiger partial charge in [0.1, 0.15) is 11.9 Å². The molecule has 31 heavy (non-hydrogen) atoms. The highest BCUT2D eigenvalue weighted by molar-refractivity contribution is 5.68. The highest BCUT2D eigenvalue weighted by Gasteiger charge is 2.42. The summed E-state index contributed by atoms with van der Waals surface area (Å²) in [4.78, 5) is 30.6. The molecular formula is C24H32N2O5. The first-order chi connectivity index (χ1) is 15.0. The number of aromatic nitrogens is 2. The molecule has 3 rings (SSSR count). The number of rotatable bonds is 11. The summed E-state index contributed by atoms with van der Waals surface area (Å²) in [7, 11) is 0. The van der Waals surface area contributed by atoms with Crippen LogP contribution in [0.1, 0.15) is 77.3 Å². The van der Waals surface area contributed by atoms with Gasteiger partial charge in [0.2, 0.25) is 6.29 Å². The van der Waals surface area contributed by atoms with Crippen molar-refractivity contribution in [1.29, 1.82) is 0 Å². The Morgan fingerprint density at radius 2 is 1.94 bits per heavy atom. The molecule has 1 fully saturated rings. The first-order valence-electron chi connectivity index (χ1n) is 11.2. The Morgan fingerprint density at radius 3 is 2.65 bits per heavy atom.